The molecule has 0 aliphatic heterocycles. The smallest absolute Gasteiger partial charge is 0.164 e. The maximum Gasteiger partial charge on any atom is 0.164 e. The number of rotatable bonds is 3. The molecule has 0 aromatic rings. The van der Waals surface area contributed by atoms with E-state index in [1.807, 2.05) is 13.8 Å². The lowest BCUT2D eigenvalue weighted by molar-refractivity contribution is -0.117. The van der Waals surface area contributed by atoms with Crippen LogP contribution in [0.5, 0.6) is 0 Å². The van der Waals surface area contributed by atoms with E-state index in [2.05, 4.69) is 13.2 Å². The molecule has 1 heteroatoms. The quantitative estimate of drug-likeness (QED) is 0.415. The fraction of sp³-hybridized carbons (Fsp3) is 0.375. The molecule has 0 amide bonds. The molecule has 0 radical (unpaired) electrons. The molecule has 0 atom stereocenters. The van der Waals surface area contributed by atoms with Gasteiger partial charge in [0.25, 0.3) is 0 Å². The highest BCUT2D eigenvalue weighted by Gasteiger charge is 2.07. The van der Waals surface area contributed by atoms with Gasteiger partial charge in [-0.25, -0.2) is 0 Å². The van der Waals surface area contributed by atoms with Crippen LogP contribution in [0.25, 0.3) is 0 Å². The summed E-state index contributed by atoms with van der Waals surface area (Å²) in [5.41, 5.74) is 0.505. The van der Waals surface area contributed by atoms with Crippen LogP contribution in [-0.2, 0) is 4.79 Å². The molecule has 9 heavy (non-hydrogen) atoms. The molecule has 0 rings (SSSR count). The maximum atomic E-state index is 10.9. The van der Waals surface area contributed by atoms with E-state index in [1.165, 1.54) is 6.08 Å². The second kappa shape index (κ2) is 3.23. The monoisotopic (exact) mass is 124 g/mol. The predicted molar refractivity (Wildman–Crippen MR) is 39.2 cm³/mol. The van der Waals surface area contributed by atoms with E-state index in [0.29, 0.717) is 5.57 Å². The Balaban J connectivity index is 4.04. The Bertz CT molecular complexity index is 143. The van der Waals surface area contributed by atoms with Crippen LogP contribution in [0.1, 0.15) is 13.8 Å². The summed E-state index contributed by atoms with van der Waals surface area (Å²) < 4.78 is 0. The third-order valence-electron chi connectivity index (χ3n) is 1.09. The number of hydrogen-bond donors (Lipinski definition) is 0. The average Bonchev–Trinajstić information content (AvgIpc) is 1.84. The second-order valence-corrected chi connectivity index (χ2v) is 2.25. The minimum atomic E-state index is 0.0375. The molecule has 0 heterocycles. The number of Topliss-reactive ketones (excluding diaryl/α,β-unsaturated/α-hetero) is 1. The number of hydrogen-bond acceptors (Lipinski definition) is 1. The third-order valence-corrected chi connectivity index (χ3v) is 1.09. The zero-order valence-electron chi connectivity index (χ0n) is 5.98. The molecule has 0 aromatic carbocycles. The number of allylic oxidation sites excluding steroid dienone is 2. The molecule has 0 spiro atoms. The number of carbonyl (C=O) groups is 1. The fourth-order valence-electron chi connectivity index (χ4n) is 0.471. The van der Waals surface area contributed by atoms with Gasteiger partial charge in [-0.1, -0.05) is 33.1 Å². The van der Waals surface area contributed by atoms with Crippen molar-refractivity contribution in [3.8, 4) is 0 Å². The second-order valence-electron chi connectivity index (χ2n) is 2.25. The SMILES string of the molecule is C=CC(=C)C(=O)C(C)C. The van der Waals surface area contributed by atoms with Gasteiger partial charge in [0, 0.05) is 11.5 Å². The topological polar surface area (TPSA) is 17.1 Å². The zero-order valence-corrected chi connectivity index (χ0v) is 5.98. The van der Waals surface area contributed by atoms with Crippen LogP contribution in [0.2, 0.25) is 0 Å². The Hall–Kier alpha value is -0.850. The van der Waals surface area contributed by atoms with Crippen LogP contribution < -0.4 is 0 Å². The van der Waals surface area contributed by atoms with Crippen LogP contribution in [0.4, 0.5) is 0 Å². The molecule has 0 bridgehead atoms. The largest absolute Gasteiger partial charge is 0.294 e. The summed E-state index contributed by atoms with van der Waals surface area (Å²) in [6, 6.07) is 0. The van der Waals surface area contributed by atoms with Gasteiger partial charge in [-0.15, -0.1) is 0 Å². The lowest BCUT2D eigenvalue weighted by Gasteiger charge is -2.00. The molecule has 0 saturated carbocycles. The van der Waals surface area contributed by atoms with E-state index in [9.17, 15) is 4.79 Å². The van der Waals surface area contributed by atoms with E-state index in [0.717, 1.165) is 0 Å². The molecule has 0 fully saturated rings. The standard InChI is InChI=1S/C8H12O/c1-5-7(4)8(9)6(2)3/h5-6H,1,4H2,2-3H3. The zero-order chi connectivity index (χ0) is 7.44. The van der Waals surface area contributed by atoms with E-state index in [4.69, 9.17) is 0 Å². The summed E-state index contributed by atoms with van der Waals surface area (Å²) in [6.07, 6.45) is 1.49. The lowest BCUT2D eigenvalue weighted by Crippen LogP contribution is -2.07. The molecule has 0 N–H and O–H groups in total. The highest BCUT2D eigenvalue weighted by Crippen LogP contribution is 2.03. The Morgan fingerprint density at radius 3 is 2.11 bits per heavy atom. The van der Waals surface area contributed by atoms with E-state index in [1.54, 1.807) is 0 Å². The highest BCUT2D eigenvalue weighted by molar-refractivity contribution is 5.98. The van der Waals surface area contributed by atoms with Crippen LogP contribution in [0, 0.1) is 5.92 Å². The minimum absolute atomic E-state index is 0.0375. The van der Waals surface area contributed by atoms with Crippen molar-refractivity contribution < 1.29 is 4.79 Å². The molecule has 50 valence electrons. The van der Waals surface area contributed by atoms with Crippen molar-refractivity contribution in [2.45, 2.75) is 13.8 Å². The first-order valence-corrected chi connectivity index (χ1v) is 2.95. The molecule has 1 nitrogen and oxygen atoms in total. The van der Waals surface area contributed by atoms with Gasteiger partial charge in [-0.2, -0.15) is 0 Å². The van der Waals surface area contributed by atoms with Crippen molar-refractivity contribution in [3.05, 3.63) is 24.8 Å². The Labute approximate surface area is 56.1 Å². The first kappa shape index (κ1) is 8.15. The van der Waals surface area contributed by atoms with Gasteiger partial charge in [-0.05, 0) is 0 Å². The van der Waals surface area contributed by atoms with Crippen LogP contribution in [0.15, 0.2) is 24.8 Å². The maximum absolute atomic E-state index is 10.9. The summed E-state index contributed by atoms with van der Waals surface area (Å²) in [7, 11) is 0. The van der Waals surface area contributed by atoms with Gasteiger partial charge in [0.05, 0.1) is 0 Å². The van der Waals surface area contributed by atoms with Crippen LogP contribution >= 0.6 is 0 Å². The summed E-state index contributed by atoms with van der Waals surface area (Å²) in [4.78, 5) is 10.9. The molecular weight excluding hydrogens is 112 g/mol. The molecular formula is C8H12O. The molecule has 0 unspecified atom stereocenters. The third kappa shape index (κ3) is 2.27. The van der Waals surface area contributed by atoms with Crippen LogP contribution in [-0.4, -0.2) is 5.78 Å². The van der Waals surface area contributed by atoms with Crippen molar-refractivity contribution in [2.24, 2.45) is 5.92 Å². The van der Waals surface area contributed by atoms with E-state index >= 15 is 0 Å². The van der Waals surface area contributed by atoms with Gasteiger partial charge in [0.2, 0.25) is 0 Å². The Morgan fingerprint density at radius 2 is 2.00 bits per heavy atom. The molecule has 0 aliphatic rings. The van der Waals surface area contributed by atoms with Crippen molar-refractivity contribution in [1.82, 2.24) is 0 Å². The Kier molecular flexibility index (Phi) is 2.93. The van der Waals surface area contributed by atoms with Gasteiger partial charge in [0.1, 0.15) is 0 Å². The minimum Gasteiger partial charge on any atom is -0.294 e. The van der Waals surface area contributed by atoms with Gasteiger partial charge in [-0.3, -0.25) is 4.79 Å². The van der Waals surface area contributed by atoms with Crippen molar-refractivity contribution in [1.29, 1.82) is 0 Å². The summed E-state index contributed by atoms with van der Waals surface area (Å²) in [5, 5.41) is 0. The van der Waals surface area contributed by atoms with Gasteiger partial charge in [0.15, 0.2) is 5.78 Å². The normalized spacial score (nSPS) is 9.22. The van der Waals surface area contributed by atoms with E-state index in [-0.39, 0.29) is 11.7 Å². The first-order valence-electron chi connectivity index (χ1n) is 2.95. The fourth-order valence-corrected chi connectivity index (χ4v) is 0.471. The predicted octanol–water partition coefficient (Wildman–Crippen LogP) is 1.95. The summed E-state index contributed by atoms with van der Waals surface area (Å²) in [6.45, 7) is 10.7. The number of carbonyl (C=O) groups excluding carboxylic acids is 1. The van der Waals surface area contributed by atoms with Crippen molar-refractivity contribution in [2.75, 3.05) is 0 Å². The molecule has 0 saturated heterocycles. The van der Waals surface area contributed by atoms with Gasteiger partial charge >= 0.3 is 0 Å². The van der Waals surface area contributed by atoms with Crippen LogP contribution in [0.3, 0.4) is 0 Å². The number of ketones is 1. The first-order chi connectivity index (χ1) is 4.09. The average molecular weight is 124 g/mol. The van der Waals surface area contributed by atoms with Crippen molar-refractivity contribution in [3.63, 3.8) is 0 Å². The van der Waals surface area contributed by atoms with E-state index < -0.39 is 0 Å². The highest BCUT2D eigenvalue weighted by atomic mass is 16.1. The van der Waals surface area contributed by atoms with Crippen molar-refractivity contribution >= 4 is 5.78 Å². The molecule has 0 aliphatic carbocycles. The summed E-state index contributed by atoms with van der Waals surface area (Å²) >= 11 is 0. The van der Waals surface area contributed by atoms with Gasteiger partial charge < -0.3 is 0 Å². The summed E-state index contributed by atoms with van der Waals surface area (Å²) in [5.74, 6) is 0.112. The molecule has 0 aromatic heterocycles. The Morgan fingerprint density at radius 1 is 1.56 bits per heavy atom. The lowest BCUT2D eigenvalue weighted by atomic mass is 10.0.